The standard InChI is InChI=1S/C15H12FN5O2/c16-11-3-1-2-9(7-11)6-10-4-5-17-12(10)8-13(22)14(23)15-18-20-21-19-15/h1-5,7,17H,6,8H2,(H,18,19,20,21). The van der Waals surface area contributed by atoms with E-state index in [2.05, 4.69) is 25.6 Å². The highest BCUT2D eigenvalue weighted by Crippen LogP contribution is 2.15. The highest BCUT2D eigenvalue weighted by atomic mass is 19.1. The molecule has 0 amide bonds. The van der Waals surface area contributed by atoms with E-state index in [0.29, 0.717) is 12.1 Å². The topological polar surface area (TPSA) is 104 Å². The van der Waals surface area contributed by atoms with Gasteiger partial charge in [-0.1, -0.05) is 12.1 Å². The molecule has 0 spiro atoms. The molecule has 116 valence electrons. The molecule has 0 unspecified atom stereocenters. The minimum absolute atomic E-state index is 0.106. The Morgan fingerprint density at radius 2 is 2.09 bits per heavy atom. The number of ketones is 2. The molecule has 0 atom stereocenters. The SMILES string of the molecule is O=C(Cc1[nH]ccc1Cc1cccc(F)c1)C(=O)c1nn[nH]n1. The quantitative estimate of drug-likeness (QED) is 0.526. The maximum Gasteiger partial charge on any atom is 0.269 e. The number of rotatable bonds is 6. The first-order chi connectivity index (χ1) is 11.1. The van der Waals surface area contributed by atoms with Crippen LogP contribution in [-0.4, -0.2) is 37.2 Å². The number of aromatic nitrogens is 5. The molecule has 2 aromatic heterocycles. The molecule has 8 heteroatoms. The van der Waals surface area contributed by atoms with E-state index in [-0.39, 0.29) is 18.1 Å². The van der Waals surface area contributed by atoms with Gasteiger partial charge in [0.2, 0.25) is 11.6 Å². The van der Waals surface area contributed by atoms with Gasteiger partial charge in [0.05, 0.1) is 6.42 Å². The molecule has 1 aromatic carbocycles. The first-order valence-electron chi connectivity index (χ1n) is 6.84. The Labute approximate surface area is 129 Å². The van der Waals surface area contributed by atoms with E-state index in [4.69, 9.17) is 0 Å². The Bertz CT molecular complexity index is 841. The molecule has 2 heterocycles. The summed E-state index contributed by atoms with van der Waals surface area (Å²) in [5.74, 6) is -2.02. The summed E-state index contributed by atoms with van der Waals surface area (Å²) in [7, 11) is 0. The van der Waals surface area contributed by atoms with Gasteiger partial charge in [-0.3, -0.25) is 9.59 Å². The molecule has 0 aliphatic carbocycles. The molecule has 0 aliphatic heterocycles. The van der Waals surface area contributed by atoms with Crippen molar-refractivity contribution in [1.82, 2.24) is 25.6 Å². The van der Waals surface area contributed by atoms with Gasteiger partial charge in [0.25, 0.3) is 5.78 Å². The van der Waals surface area contributed by atoms with Crippen LogP contribution in [0.15, 0.2) is 36.5 Å². The third-order valence-electron chi connectivity index (χ3n) is 3.35. The zero-order valence-corrected chi connectivity index (χ0v) is 11.9. The number of halogens is 1. The first kappa shape index (κ1) is 14.8. The molecule has 3 aromatic rings. The second-order valence-corrected chi connectivity index (χ2v) is 4.95. The number of carbonyl (C=O) groups is 2. The average Bonchev–Trinajstić information content (AvgIpc) is 3.19. The van der Waals surface area contributed by atoms with Gasteiger partial charge in [-0.05, 0) is 41.0 Å². The van der Waals surface area contributed by atoms with E-state index in [1.807, 2.05) is 0 Å². The summed E-state index contributed by atoms with van der Waals surface area (Å²) in [5, 5.41) is 12.4. The van der Waals surface area contributed by atoms with Crippen LogP contribution in [0.25, 0.3) is 0 Å². The second kappa shape index (κ2) is 6.30. The van der Waals surface area contributed by atoms with Crippen molar-refractivity contribution in [3.8, 4) is 0 Å². The van der Waals surface area contributed by atoms with Crippen LogP contribution in [0.1, 0.15) is 27.4 Å². The lowest BCUT2D eigenvalue weighted by Crippen LogP contribution is -2.19. The van der Waals surface area contributed by atoms with Crippen molar-refractivity contribution < 1.29 is 14.0 Å². The summed E-state index contributed by atoms with van der Waals surface area (Å²) in [6.07, 6.45) is 2.03. The summed E-state index contributed by atoms with van der Waals surface area (Å²) < 4.78 is 13.2. The minimum atomic E-state index is -0.801. The number of aromatic amines is 2. The Hall–Kier alpha value is -3.16. The maximum atomic E-state index is 13.2. The number of nitrogens with one attached hydrogen (secondary N) is 2. The normalized spacial score (nSPS) is 10.7. The molecule has 7 nitrogen and oxygen atoms in total. The van der Waals surface area contributed by atoms with Crippen molar-refractivity contribution in [2.75, 3.05) is 0 Å². The number of H-pyrrole nitrogens is 2. The van der Waals surface area contributed by atoms with Crippen LogP contribution in [0, 0.1) is 5.82 Å². The van der Waals surface area contributed by atoms with Gasteiger partial charge in [-0.25, -0.2) is 4.39 Å². The molecule has 0 fully saturated rings. The Morgan fingerprint density at radius 3 is 2.83 bits per heavy atom. The summed E-state index contributed by atoms with van der Waals surface area (Å²) in [6, 6.07) is 8.03. The Kier molecular flexibility index (Phi) is 4.05. The zero-order chi connectivity index (χ0) is 16.2. The lowest BCUT2D eigenvalue weighted by atomic mass is 10.0. The smallest absolute Gasteiger partial charge is 0.269 e. The predicted octanol–water partition coefficient (Wildman–Crippen LogP) is 1.25. The third-order valence-corrected chi connectivity index (χ3v) is 3.35. The van der Waals surface area contributed by atoms with Gasteiger partial charge in [0, 0.05) is 11.9 Å². The van der Waals surface area contributed by atoms with E-state index in [1.165, 1.54) is 12.1 Å². The highest BCUT2D eigenvalue weighted by Gasteiger charge is 2.22. The molecular formula is C15H12FN5O2. The maximum absolute atomic E-state index is 13.2. The molecule has 23 heavy (non-hydrogen) atoms. The van der Waals surface area contributed by atoms with Crippen molar-refractivity contribution in [2.45, 2.75) is 12.8 Å². The fourth-order valence-corrected chi connectivity index (χ4v) is 2.26. The van der Waals surface area contributed by atoms with Gasteiger partial charge in [-0.15, -0.1) is 10.2 Å². The van der Waals surface area contributed by atoms with Crippen LogP contribution >= 0.6 is 0 Å². The predicted molar refractivity (Wildman–Crippen MR) is 77.2 cm³/mol. The van der Waals surface area contributed by atoms with Crippen molar-refractivity contribution in [2.24, 2.45) is 0 Å². The molecule has 0 bridgehead atoms. The summed E-state index contributed by atoms with van der Waals surface area (Å²) in [6.45, 7) is 0. The monoisotopic (exact) mass is 313 g/mol. The number of hydrogen-bond donors (Lipinski definition) is 2. The number of tetrazole rings is 1. The number of hydrogen-bond acceptors (Lipinski definition) is 5. The van der Waals surface area contributed by atoms with E-state index in [0.717, 1.165) is 11.1 Å². The Morgan fingerprint density at radius 1 is 1.22 bits per heavy atom. The third kappa shape index (κ3) is 3.37. The molecular weight excluding hydrogens is 301 g/mol. The van der Waals surface area contributed by atoms with Crippen LogP contribution in [0.5, 0.6) is 0 Å². The van der Waals surface area contributed by atoms with Crippen molar-refractivity contribution in [3.63, 3.8) is 0 Å². The summed E-state index contributed by atoms with van der Waals surface area (Å²) >= 11 is 0. The van der Waals surface area contributed by atoms with Gasteiger partial charge in [0.1, 0.15) is 5.82 Å². The van der Waals surface area contributed by atoms with E-state index in [9.17, 15) is 14.0 Å². The minimum Gasteiger partial charge on any atom is -0.364 e. The van der Waals surface area contributed by atoms with Gasteiger partial charge < -0.3 is 4.98 Å². The lowest BCUT2D eigenvalue weighted by molar-refractivity contribution is -0.114. The van der Waals surface area contributed by atoms with Crippen LogP contribution in [0.4, 0.5) is 4.39 Å². The van der Waals surface area contributed by atoms with Gasteiger partial charge >= 0.3 is 0 Å². The molecule has 3 rings (SSSR count). The highest BCUT2D eigenvalue weighted by molar-refractivity contribution is 6.43. The number of Topliss-reactive ketones (excluding diaryl/α,β-unsaturated/α-hetero) is 2. The van der Waals surface area contributed by atoms with Crippen molar-refractivity contribution in [3.05, 3.63) is 65.0 Å². The molecule has 0 saturated heterocycles. The largest absolute Gasteiger partial charge is 0.364 e. The summed E-state index contributed by atoms with van der Waals surface area (Å²) in [5.41, 5.74) is 2.21. The van der Waals surface area contributed by atoms with Gasteiger partial charge in [0.15, 0.2) is 0 Å². The summed E-state index contributed by atoms with van der Waals surface area (Å²) in [4.78, 5) is 26.8. The van der Waals surface area contributed by atoms with Crippen LogP contribution in [0.3, 0.4) is 0 Å². The Balaban J connectivity index is 1.73. The number of benzene rings is 1. The number of nitrogens with zero attached hydrogens (tertiary/aromatic N) is 3. The average molecular weight is 313 g/mol. The fraction of sp³-hybridized carbons (Fsp3) is 0.133. The zero-order valence-electron chi connectivity index (χ0n) is 11.9. The van der Waals surface area contributed by atoms with Crippen LogP contribution in [0.2, 0.25) is 0 Å². The first-order valence-corrected chi connectivity index (χ1v) is 6.84. The van der Waals surface area contributed by atoms with Crippen LogP contribution < -0.4 is 0 Å². The number of carbonyl (C=O) groups excluding carboxylic acids is 2. The van der Waals surface area contributed by atoms with Crippen molar-refractivity contribution in [1.29, 1.82) is 0 Å². The van der Waals surface area contributed by atoms with E-state index < -0.39 is 11.6 Å². The van der Waals surface area contributed by atoms with Gasteiger partial charge in [-0.2, -0.15) is 5.21 Å². The fourth-order valence-electron chi connectivity index (χ4n) is 2.26. The second-order valence-electron chi connectivity index (χ2n) is 4.95. The van der Waals surface area contributed by atoms with E-state index in [1.54, 1.807) is 24.4 Å². The molecule has 0 saturated carbocycles. The van der Waals surface area contributed by atoms with Crippen molar-refractivity contribution >= 4 is 11.6 Å². The van der Waals surface area contributed by atoms with E-state index >= 15 is 0 Å². The molecule has 0 radical (unpaired) electrons. The van der Waals surface area contributed by atoms with Crippen LogP contribution in [-0.2, 0) is 17.6 Å². The lowest BCUT2D eigenvalue weighted by Gasteiger charge is -2.04. The molecule has 2 N–H and O–H groups in total. The molecule has 0 aliphatic rings.